The fraction of sp³-hybridized carbons (Fsp3) is 0.353. The standard InChI is InChI=1S/C17H22N2OS/c1-11(2)16-14(7-8-18-16)17(20)19-10-13-6-5-12(3)9-15(13)21-4/h5-9,11,18H,10H2,1-4H3,(H,19,20). The van der Waals surface area contributed by atoms with Gasteiger partial charge in [-0.25, -0.2) is 0 Å². The summed E-state index contributed by atoms with van der Waals surface area (Å²) in [6.07, 6.45) is 3.88. The lowest BCUT2D eigenvalue weighted by Crippen LogP contribution is -2.24. The Kier molecular flexibility index (Phi) is 5.12. The minimum atomic E-state index is -0.0208. The maximum atomic E-state index is 12.3. The van der Waals surface area contributed by atoms with E-state index in [1.807, 2.05) is 12.3 Å². The molecule has 112 valence electrons. The summed E-state index contributed by atoms with van der Waals surface area (Å²) in [6.45, 7) is 6.79. The molecule has 2 N–H and O–H groups in total. The van der Waals surface area contributed by atoms with Gasteiger partial charge in [-0.3, -0.25) is 4.79 Å². The highest BCUT2D eigenvalue weighted by atomic mass is 32.2. The Balaban J connectivity index is 2.09. The topological polar surface area (TPSA) is 44.9 Å². The fourth-order valence-electron chi connectivity index (χ4n) is 2.33. The van der Waals surface area contributed by atoms with E-state index in [2.05, 4.69) is 55.5 Å². The second-order valence-electron chi connectivity index (χ2n) is 5.46. The molecule has 0 radical (unpaired) electrons. The van der Waals surface area contributed by atoms with E-state index < -0.39 is 0 Å². The number of thioether (sulfide) groups is 1. The molecule has 1 amide bonds. The molecule has 1 aromatic heterocycles. The molecule has 0 aliphatic carbocycles. The smallest absolute Gasteiger partial charge is 0.253 e. The first kappa shape index (κ1) is 15.7. The third-order valence-corrected chi connectivity index (χ3v) is 4.30. The van der Waals surface area contributed by atoms with Crippen molar-refractivity contribution in [3.63, 3.8) is 0 Å². The van der Waals surface area contributed by atoms with Gasteiger partial charge in [0, 0.05) is 23.3 Å². The molecule has 1 aromatic carbocycles. The Morgan fingerprint density at radius 2 is 2.10 bits per heavy atom. The second kappa shape index (κ2) is 6.85. The van der Waals surface area contributed by atoms with Crippen LogP contribution in [0.4, 0.5) is 0 Å². The Morgan fingerprint density at radius 1 is 1.33 bits per heavy atom. The van der Waals surface area contributed by atoms with Crippen LogP contribution in [0.25, 0.3) is 0 Å². The van der Waals surface area contributed by atoms with Gasteiger partial charge in [-0.15, -0.1) is 11.8 Å². The van der Waals surface area contributed by atoms with E-state index in [0.29, 0.717) is 12.5 Å². The predicted octanol–water partition coefficient (Wildman–Crippen LogP) is 4.10. The normalized spacial score (nSPS) is 10.9. The number of aromatic nitrogens is 1. The van der Waals surface area contributed by atoms with Crippen LogP contribution >= 0.6 is 11.8 Å². The number of rotatable bonds is 5. The van der Waals surface area contributed by atoms with Crippen molar-refractivity contribution in [3.05, 3.63) is 52.8 Å². The summed E-state index contributed by atoms with van der Waals surface area (Å²) in [5.74, 6) is 0.287. The number of carbonyl (C=O) groups is 1. The lowest BCUT2D eigenvalue weighted by atomic mass is 10.1. The molecule has 0 bridgehead atoms. The largest absolute Gasteiger partial charge is 0.364 e. The highest BCUT2D eigenvalue weighted by Gasteiger charge is 2.15. The van der Waals surface area contributed by atoms with Crippen molar-refractivity contribution in [2.75, 3.05) is 6.26 Å². The molecule has 0 saturated carbocycles. The van der Waals surface area contributed by atoms with E-state index in [-0.39, 0.29) is 5.91 Å². The number of benzene rings is 1. The molecule has 3 nitrogen and oxygen atoms in total. The Labute approximate surface area is 130 Å². The molecular weight excluding hydrogens is 280 g/mol. The number of hydrogen-bond donors (Lipinski definition) is 2. The summed E-state index contributed by atoms with van der Waals surface area (Å²) < 4.78 is 0. The van der Waals surface area contributed by atoms with E-state index in [4.69, 9.17) is 0 Å². The van der Waals surface area contributed by atoms with Crippen molar-refractivity contribution < 1.29 is 4.79 Å². The van der Waals surface area contributed by atoms with E-state index >= 15 is 0 Å². The van der Waals surface area contributed by atoms with Crippen molar-refractivity contribution in [1.29, 1.82) is 0 Å². The van der Waals surface area contributed by atoms with E-state index in [1.165, 1.54) is 10.5 Å². The quantitative estimate of drug-likeness (QED) is 0.817. The average Bonchev–Trinajstić information content (AvgIpc) is 2.95. The van der Waals surface area contributed by atoms with Crippen LogP contribution in [0.2, 0.25) is 0 Å². The van der Waals surface area contributed by atoms with E-state index in [1.54, 1.807) is 11.8 Å². The highest BCUT2D eigenvalue weighted by Crippen LogP contribution is 2.22. The Bertz CT molecular complexity index is 631. The number of carbonyl (C=O) groups excluding carboxylic acids is 1. The number of hydrogen-bond acceptors (Lipinski definition) is 2. The van der Waals surface area contributed by atoms with Crippen molar-refractivity contribution in [3.8, 4) is 0 Å². The third-order valence-electron chi connectivity index (χ3n) is 3.48. The van der Waals surface area contributed by atoms with Gasteiger partial charge >= 0.3 is 0 Å². The molecule has 0 saturated heterocycles. The van der Waals surface area contributed by atoms with Crippen LogP contribution < -0.4 is 5.32 Å². The maximum absolute atomic E-state index is 12.3. The van der Waals surface area contributed by atoms with E-state index in [9.17, 15) is 4.79 Å². The van der Waals surface area contributed by atoms with Gasteiger partial charge in [-0.05, 0) is 42.4 Å². The van der Waals surface area contributed by atoms with Crippen LogP contribution in [-0.2, 0) is 6.54 Å². The zero-order chi connectivity index (χ0) is 15.4. The van der Waals surface area contributed by atoms with Gasteiger partial charge in [-0.2, -0.15) is 0 Å². The summed E-state index contributed by atoms with van der Waals surface area (Å²) in [7, 11) is 0. The van der Waals surface area contributed by atoms with Gasteiger partial charge in [-0.1, -0.05) is 26.0 Å². The first-order valence-electron chi connectivity index (χ1n) is 7.12. The molecule has 0 aliphatic rings. The molecule has 21 heavy (non-hydrogen) atoms. The van der Waals surface area contributed by atoms with Crippen LogP contribution in [0.15, 0.2) is 35.4 Å². The first-order chi connectivity index (χ1) is 10.0. The van der Waals surface area contributed by atoms with Gasteiger partial charge in [0.15, 0.2) is 0 Å². The maximum Gasteiger partial charge on any atom is 0.253 e. The van der Waals surface area contributed by atoms with Crippen LogP contribution in [0, 0.1) is 6.92 Å². The minimum absolute atomic E-state index is 0.0208. The molecule has 0 fully saturated rings. The highest BCUT2D eigenvalue weighted by molar-refractivity contribution is 7.98. The van der Waals surface area contributed by atoms with Gasteiger partial charge in [0.25, 0.3) is 5.91 Å². The first-order valence-corrected chi connectivity index (χ1v) is 8.34. The Morgan fingerprint density at radius 3 is 2.76 bits per heavy atom. The predicted molar refractivity (Wildman–Crippen MR) is 89.0 cm³/mol. The Hall–Kier alpha value is -1.68. The number of H-pyrrole nitrogens is 1. The zero-order valence-corrected chi connectivity index (χ0v) is 13.8. The monoisotopic (exact) mass is 302 g/mol. The average molecular weight is 302 g/mol. The molecule has 0 unspecified atom stereocenters. The summed E-state index contributed by atoms with van der Waals surface area (Å²) in [5.41, 5.74) is 4.12. The molecule has 1 heterocycles. The third kappa shape index (κ3) is 3.70. The molecule has 0 aliphatic heterocycles. The number of nitrogens with one attached hydrogen (secondary N) is 2. The van der Waals surface area contributed by atoms with Crippen molar-refractivity contribution in [2.24, 2.45) is 0 Å². The van der Waals surface area contributed by atoms with E-state index in [0.717, 1.165) is 16.8 Å². The van der Waals surface area contributed by atoms with Gasteiger partial charge in [0.1, 0.15) is 0 Å². The molecule has 4 heteroatoms. The molecule has 0 spiro atoms. The number of aryl methyl sites for hydroxylation is 1. The van der Waals surface area contributed by atoms with Crippen LogP contribution in [-0.4, -0.2) is 17.1 Å². The summed E-state index contributed by atoms with van der Waals surface area (Å²) in [5, 5.41) is 3.02. The minimum Gasteiger partial charge on any atom is -0.364 e. The van der Waals surface area contributed by atoms with Gasteiger partial charge in [0.2, 0.25) is 0 Å². The lowest BCUT2D eigenvalue weighted by Gasteiger charge is -2.11. The molecule has 0 atom stereocenters. The molecular formula is C17H22N2OS. The fourth-order valence-corrected chi connectivity index (χ4v) is 3.03. The van der Waals surface area contributed by atoms with Gasteiger partial charge in [0.05, 0.1) is 5.56 Å². The van der Waals surface area contributed by atoms with Gasteiger partial charge < -0.3 is 10.3 Å². The van der Waals surface area contributed by atoms with Crippen molar-refractivity contribution in [1.82, 2.24) is 10.3 Å². The lowest BCUT2D eigenvalue weighted by molar-refractivity contribution is 0.0949. The zero-order valence-electron chi connectivity index (χ0n) is 13.0. The van der Waals surface area contributed by atoms with Crippen molar-refractivity contribution >= 4 is 17.7 Å². The van der Waals surface area contributed by atoms with Crippen LogP contribution in [0.1, 0.15) is 46.9 Å². The van der Waals surface area contributed by atoms with Crippen molar-refractivity contribution in [2.45, 2.75) is 38.1 Å². The summed E-state index contributed by atoms with van der Waals surface area (Å²) in [6, 6.07) is 8.16. The SMILES string of the molecule is CSc1cc(C)ccc1CNC(=O)c1cc[nH]c1C(C)C. The van der Waals surface area contributed by atoms with Crippen LogP contribution in [0.5, 0.6) is 0 Å². The summed E-state index contributed by atoms with van der Waals surface area (Å²) >= 11 is 1.71. The number of aromatic amines is 1. The second-order valence-corrected chi connectivity index (χ2v) is 6.31. The number of amides is 1. The molecule has 2 aromatic rings. The summed E-state index contributed by atoms with van der Waals surface area (Å²) in [4.78, 5) is 16.7. The van der Waals surface area contributed by atoms with Crippen LogP contribution in [0.3, 0.4) is 0 Å². The molecule has 2 rings (SSSR count).